The Labute approximate surface area is 137 Å². The number of aliphatic hydroxyl groups is 1. The van der Waals surface area contributed by atoms with Gasteiger partial charge in [0.15, 0.2) is 0 Å². The molecule has 0 fully saturated rings. The van der Waals surface area contributed by atoms with Crippen molar-refractivity contribution in [2.75, 3.05) is 18.8 Å². The summed E-state index contributed by atoms with van der Waals surface area (Å²) in [6, 6.07) is 12.5. The molecule has 0 bridgehead atoms. The topological polar surface area (TPSA) is 91.6 Å². The van der Waals surface area contributed by atoms with Crippen LogP contribution in [0.2, 0.25) is 0 Å². The van der Waals surface area contributed by atoms with Crippen LogP contribution in [-0.2, 0) is 16.6 Å². The van der Waals surface area contributed by atoms with E-state index in [-0.39, 0.29) is 6.54 Å². The van der Waals surface area contributed by atoms with Crippen LogP contribution in [0.3, 0.4) is 0 Å². The molecule has 2 atom stereocenters. The Hall–Kier alpha value is -2.12. The Morgan fingerprint density at radius 3 is 2.65 bits per heavy atom. The monoisotopic (exact) mass is 336 g/mol. The summed E-state index contributed by atoms with van der Waals surface area (Å²) in [5.74, 6) is 1.25. The summed E-state index contributed by atoms with van der Waals surface area (Å²) in [5.41, 5.74) is 1.01. The van der Waals surface area contributed by atoms with E-state index in [0.717, 1.165) is 5.56 Å². The van der Waals surface area contributed by atoms with E-state index in [0.29, 0.717) is 23.8 Å². The SMILES string of the molecule is O=C(NCCS(=O)Cc1ccccc1)NCC(O)c1ccco1. The molecular weight excluding hydrogens is 316 g/mol. The minimum atomic E-state index is -1.03. The van der Waals surface area contributed by atoms with E-state index in [2.05, 4.69) is 10.6 Å². The number of nitrogens with one attached hydrogen (secondary N) is 2. The van der Waals surface area contributed by atoms with E-state index in [4.69, 9.17) is 4.42 Å². The standard InChI is InChI=1S/C16H20N2O4S/c19-14(15-7-4-9-22-15)11-18-16(20)17-8-10-23(21)12-13-5-2-1-3-6-13/h1-7,9,14,19H,8,10-12H2,(H2,17,18,20). The van der Waals surface area contributed by atoms with Crippen molar-refractivity contribution in [2.24, 2.45) is 0 Å². The molecule has 2 amide bonds. The molecule has 124 valence electrons. The number of furan rings is 1. The van der Waals surface area contributed by atoms with E-state index >= 15 is 0 Å². The number of urea groups is 1. The van der Waals surface area contributed by atoms with Crippen LogP contribution in [0.5, 0.6) is 0 Å². The van der Waals surface area contributed by atoms with Crippen molar-refractivity contribution in [3.63, 3.8) is 0 Å². The minimum absolute atomic E-state index is 0.0481. The third-order valence-corrected chi connectivity index (χ3v) is 4.43. The van der Waals surface area contributed by atoms with Gasteiger partial charge >= 0.3 is 6.03 Å². The van der Waals surface area contributed by atoms with Gasteiger partial charge in [-0.3, -0.25) is 4.21 Å². The highest BCUT2D eigenvalue weighted by atomic mass is 32.2. The van der Waals surface area contributed by atoms with Crippen LogP contribution in [-0.4, -0.2) is 34.2 Å². The highest BCUT2D eigenvalue weighted by Gasteiger charge is 2.11. The van der Waals surface area contributed by atoms with E-state index in [1.165, 1.54) is 6.26 Å². The molecule has 2 unspecified atom stereocenters. The van der Waals surface area contributed by atoms with Crippen molar-refractivity contribution >= 4 is 16.8 Å². The summed E-state index contributed by atoms with van der Waals surface area (Å²) >= 11 is 0. The van der Waals surface area contributed by atoms with Gasteiger partial charge in [-0.2, -0.15) is 0 Å². The van der Waals surface area contributed by atoms with Crippen LogP contribution >= 0.6 is 0 Å². The predicted molar refractivity (Wildman–Crippen MR) is 88.2 cm³/mol. The smallest absolute Gasteiger partial charge is 0.314 e. The summed E-state index contributed by atoms with van der Waals surface area (Å²) in [4.78, 5) is 11.6. The highest BCUT2D eigenvalue weighted by Crippen LogP contribution is 2.11. The Kier molecular flexibility index (Phi) is 6.83. The lowest BCUT2D eigenvalue weighted by molar-refractivity contribution is 0.148. The third-order valence-electron chi connectivity index (χ3n) is 3.11. The van der Waals surface area contributed by atoms with Crippen LogP contribution in [0, 0.1) is 0 Å². The molecule has 0 spiro atoms. The van der Waals surface area contributed by atoms with E-state index < -0.39 is 22.9 Å². The first-order valence-corrected chi connectivity index (χ1v) is 8.76. The molecule has 0 radical (unpaired) electrons. The third kappa shape index (κ3) is 6.25. The fraction of sp³-hybridized carbons (Fsp3) is 0.312. The maximum absolute atomic E-state index is 11.9. The zero-order valence-corrected chi connectivity index (χ0v) is 13.4. The first-order chi connectivity index (χ1) is 11.1. The summed E-state index contributed by atoms with van der Waals surface area (Å²) < 4.78 is 16.9. The molecule has 23 heavy (non-hydrogen) atoms. The molecule has 6 nitrogen and oxygen atoms in total. The van der Waals surface area contributed by atoms with Gasteiger partial charge in [0.05, 0.1) is 12.8 Å². The van der Waals surface area contributed by atoms with Gasteiger partial charge in [0.1, 0.15) is 11.9 Å². The summed E-state index contributed by atoms with van der Waals surface area (Å²) in [6.45, 7) is 0.356. The molecule has 2 rings (SSSR count). The molecule has 3 N–H and O–H groups in total. The second kappa shape index (κ2) is 9.12. The van der Waals surface area contributed by atoms with Gasteiger partial charge in [0.2, 0.25) is 0 Å². The first-order valence-electron chi connectivity index (χ1n) is 7.27. The number of benzene rings is 1. The minimum Gasteiger partial charge on any atom is -0.467 e. The van der Waals surface area contributed by atoms with E-state index in [1.807, 2.05) is 30.3 Å². The van der Waals surface area contributed by atoms with Crippen LogP contribution in [0.4, 0.5) is 4.79 Å². The molecule has 0 saturated carbocycles. The van der Waals surface area contributed by atoms with Crippen LogP contribution < -0.4 is 10.6 Å². The lowest BCUT2D eigenvalue weighted by atomic mass is 10.2. The number of amides is 2. The largest absolute Gasteiger partial charge is 0.467 e. The molecule has 2 aromatic rings. The van der Waals surface area contributed by atoms with Crippen LogP contribution in [0.15, 0.2) is 53.1 Å². The lowest BCUT2D eigenvalue weighted by Gasteiger charge is -2.10. The van der Waals surface area contributed by atoms with Crippen LogP contribution in [0.25, 0.3) is 0 Å². The molecule has 7 heteroatoms. The van der Waals surface area contributed by atoms with Gasteiger partial charge < -0.3 is 20.2 Å². The quantitative estimate of drug-likeness (QED) is 0.682. The molecule has 0 aliphatic carbocycles. The normalized spacial score (nSPS) is 13.3. The van der Waals surface area contributed by atoms with Gasteiger partial charge in [0, 0.05) is 28.9 Å². The van der Waals surface area contributed by atoms with Gasteiger partial charge in [-0.05, 0) is 17.7 Å². The van der Waals surface area contributed by atoms with Crippen molar-refractivity contribution in [1.29, 1.82) is 0 Å². The maximum atomic E-state index is 11.9. The molecular formula is C16H20N2O4S. The van der Waals surface area contributed by atoms with Crippen LogP contribution in [0.1, 0.15) is 17.4 Å². The average Bonchev–Trinajstić information content (AvgIpc) is 3.08. The summed E-state index contributed by atoms with van der Waals surface area (Å²) in [7, 11) is -1.03. The van der Waals surface area contributed by atoms with Crippen molar-refractivity contribution in [1.82, 2.24) is 10.6 Å². The summed E-state index contributed by atoms with van der Waals surface area (Å²) in [6.07, 6.45) is 0.573. The van der Waals surface area contributed by atoms with Gasteiger partial charge in [-0.15, -0.1) is 0 Å². The molecule has 0 aliphatic heterocycles. The van der Waals surface area contributed by atoms with Crippen molar-refractivity contribution in [2.45, 2.75) is 11.9 Å². The number of hydrogen-bond donors (Lipinski definition) is 3. The Bertz CT molecular complexity index is 616. The lowest BCUT2D eigenvalue weighted by Crippen LogP contribution is -2.39. The molecule has 0 aliphatic rings. The van der Waals surface area contributed by atoms with Crippen molar-refractivity contribution < 1.29 is 18.5 Å². The molecule has 1 aromatic heterocycles. The van der Waals surface area contributed by atoms with E-state index in [9.17, 15) is 14.1 Å². The van der Waals surface area contributed by atoms with Gasteiger partial charge in [0.25, 0.3) is 0 Å². The second-order valence-corrected chi connectivity index (χ2v) is 6.52. The second-order valence-electron chi connectivity index (χ2n) is 4.94. The molecule has 1 heterocycles. The number of rotatable bonds is 8. The van der Waals surface area contributed by atoms with Gasteiger partial charge in [-0.25, -0.2) is 4.79 Å². The fourth-order valence-corrected chi connectivity index (χ4v) is 2.98. The zero-order valence-electron chi connectivity index (χ0n) is 12.6. The summed E-state index contributed by atoms with van der Waals surface area (Å²) in [5, 5.41) is 14.9. The average molecular weight is 336 g/mol. The fourth-order valence-electron chi connectivity index (χ4n) is 1.94. The first kappa shape index (κ1) is 17.2. The Balaban J connectivity index is 1.60. The number of aliphatic hydroxyl groups excluding tert-OH is 1. The highest BCUT2D eigenvalue weighted by molar-refractivity contribution is 7.84. The Morgan fingerprint density at radius 2 is 1.96 bits per heavy atom. The number of carbonyl (C=O) groups is 1. The zero-order chi connectivity index (χ0) is 16.5. The van der Waals surface area contributed by atoms with E-state index in [1.54, 1.807) is 12.1 Å². The predicted octanol–water partition coefficient (Wildman–Crippen LogP) is 1.56. The number of hydrogen-bond acceptors (Lipinski definition) is 4. The van der Waals surface area contributed by atoms with Crippen molar-refractivity contribution in [3.8, 4) is 0 Å². The molecule has 0 saturated heterocycles. The Morgan fingerprint density at radius 1 is 1.17 bits per heavy atom. The van der Waals surface area contributed by atoms with Gasteiger partial charge in [-0.1, -0.05) is 30.3 Å². The number of carbonyl (C=O) groups excluding carboxylic acids is 1. The van der Waals surface area contributed by atoms with Crippen molar-refractivity contribution in [3.05, 3.63) is 60.1 Å². The molecule has 1 aromatic carbocycles. The maximum Gasteiger partial charge on any atom is 0.314 e.